The van der Waals surface area contributed by atoms with Gasteiger partial charge in [-0.1, -0.05) is 0 Å². The minimum Gasteiger partial charge on any atom is -0.486 e. The second kappa shape index (κ2) is 5.83. The van der Waals surface area contributed by atoms with E-state index in [-0.39, 0.29) is 5.56 Å². The normalized spacial score (nSPS) is 13.5. The van der Waals surface area contributed by atoms with Gasteiger partial charge in [0.25, 0.3) is 5.91 Å². The number of ether oxygens (including phenoxy) is 2. The first kappa shape index (κ1) is 15.2. The van der Waals surface area contributed by atoms with Crippen molar-refractivity contribution < 1.29 is 27.4 Å². The maximum absolute atomic E-state index is 12.5. The lowest BCUT2D eigenvalue weighted by Gasteiger charge is -2.19. The average molecular weight is 323 g/mol. The van der Waals surface area contributed by atoms with E-state index < -0.39 is 17.6 Å². The molecule has 0 saturated heterocycles. The molecular formula is C16H12F3NO3. The summed E-state index contributed by atoms with van der Waals surface area (Å²) in [4.78, 5) is 12.1. The van der Waals surface area contributed by atoms with Gasteiger partial charge >= 0.3 is 6.18 Å². The van der Waals surface area contributed by atoms with Crippen molar-refractivity contribution in [2.45, 2.75) is 6.18 Å². The summed E-state index contributed by atoms with van der Waals surface area (Å²) in [7, 11) is 0. The molecule has 0 aliphatic carbocycles. The number of amides is 1. The predicted octanol–water partition coefficient (Wildman–Crippen LogP) is 3.73. The Morgan fingerprint density at radius 1 is 0.957 bits per heavy atom. The number of benzene rings is 2. The van der Waals surface area contributed by atoms with Crippen LogP contribution in [0.4, 0.5) is 18.9 Å². The molecule has 0 spiro atoms. The van der Waals surface area contributed by atoms with Crippen molar-refractivity contribution in [1.29, 1.82) is 0 Å². The average Bonchev–Trinajstić information content (AvgIpc) is 2.54. The fourth-order valence-corrected chi connectivity index (χ4v) is 2.13. The zero-order chi connectivity index (χ0) is 16.4. The fourth-order valence-electron chi connectivity index (χ4n) is 2.13. The van der Waals surface area contributed by atoms with E-state index >= 15 is 0 Å². The number of hydrogen-bond donors (Lipinski definition) is 1. The molecule has 120 valence electrons. The zero-order valence-electron chi connectivity index (χ0n) is 11.8. The maximum atomic E-state index is 12.5. The van der Waals surface area contributed by atoms with E-state index in [2.05, 4.69) is 5.32 Å². The third-order valence-corrected chi connectivity index (χ3v) is 3.27. The predicted molar refractivity (Wildman–Crippen MR) is 76.8 cm³/mol. The summed E-state index contributed by atoms with van der Waals surface area (Å²) in [6.07, 6.45) is -4.43. The number of alkyl halides is 3. The van der Waals surface area contributed by atoms with Gasteiger partial charge in [-0.05, 0) is 36.4 Å². The summed E-state index contributed by atoms with van der Waals surface area (Å²) in [5.74, 6) is 0.598. The van der Waals surface area contributed by atoms with E-state index in [1.807, 2.05) is 0 Å². The molecule has 1 N–H and O–H groups in total. The van der Waals surface area contributed by atoms with E-state index in [9.17, 15) is 18.0 Å². The van der Waals surface area contributed by atoms with Gasteiger partial charge < -0.3 is 14.8 Å². The SMILES string of the molecule is O=C(Nc1ccc2c(c1)OCCO2)c1ccc(C(F)(F)F)cc1. The Morgan fingerprint density at radius 2 is 1.61 bits per heavy atom. The van der Waals surface area contributed by atoms with Gasteiger partial charge in [-0.25, -0.2) is 0 Å². The standard InChI is InChI=1S/C16H12F3NO3/c17-16(18,19)11-3-1-10(2-4-11)15(21)20-12-5-6-13-14(9-12)23-8-7-22-13/h1-6,9H,7-8H2,(H,20,21). The van der Waals surface area contributed by atoms with Crippen LogP contribution < -0.4 is 14.8 Å². The maximum Gasteiger partial charge on any atom is 0.416 e. The van der Waals surface area contributed by atoms with Crippen molar-refractivity contribution in [3.8, 4) is 11.5 Å². The van der Waals surface area contributed by atoms with Crippen molar-refractivity contribution >= 4 is 11.6 Å². The summed E-state index contributed by atoms with van der Waals surface area (Å²) >= 11 is 0. The minimum atomic E-state index is -4.43. The highest BCUT2D eigenvalue weighted by Crippen LogP contribution is 2.33. The molecule has 1 aliphatic heterocycles. The molecule has 2 aromatic rings. The smallest absolute Gasteiger partial charge is 0.416 e. The molecule has 3 rings (SSSR count). The summed E-state index contributed by atoms with van der Waals surface area (Å²) in [5, 5.41) is 2.61. The molecule has 1 aliphatic rings. The number of halogens is 3. The zero-order valence-corrected chi connectivity index (χ0v) is 11.8. The summed E-state index contributed by atoms with van der Waals surface area (Å²) < 4.78 is 48.3. The van der Waals surface area contributed by atoms with Crippen LogP contribution in [0.15, 0.2) is 42.5 Å². The topological polar surface area (TPSA) is 47.6 Å². The highest BCUT2D eigenvalue weighted by atomic mass is 19.4. The molecule has 1 heterocycles. The number of carbonyl (C=O) groups excluding carboxylic acids is 1. The Balaban J connectivity index is 1.74. The van der Waals surface area contributed by atoms with Crippen molar-refractivity contribution in [1.82, 2.24) is 0 Å². The van der Waals surface area contributed by atoms with Crippen LogP contribution >= 0.6 is 0 Å². The third-order valence-electron chi connectivity index (χ3n) is 3.27. The summed E-state index contributed by atoms with van der Waals surface area (Å²) in [5.41, 5.74) is -0.194. The molecule has 23 heavy (non-hydrogen) atoms. The van der Waals surface area contributed by atoms with Crippen molar-refractivity contribution in [3.63, 3.8) is 0 Å². The molecule has 7 heteroatoms. The van der Waals surface area contributed by atoms with E-state index in [4.69, 9.17) is 9.47 Å². The van der Waals surface area contributed by atoms with Gasteiger partial charge in [-0.15, -0.1) is 0 Å². The van der Waals surface area contributed by atoms with E-state index in [0.29, 0.717) is 30.4 Å². The van der Waals surface area contributed by atoms with Crippen LogP contribution in [0.3, 0.4) is 0 Å². The van der Waals surface area contributed by atoms with Crippen LogP contribution in [-0.4, -0.2) is 19.1 Å². The number of hydrogen-bond acceptors (Lipinski definition) is 3. The Bertz CT molecular complexity index is 726. The first-order valence-corrected chi connectivity index (χ1v) is 6.82. The van der Waals surface area contributed by atoms with Crippen molar-refractivity contribution in [2.24, 2.45) is 0 Å². The van der Waals surface area contributed by atoms with E-state index in [1.165, 1.54) is 0 Å². The second-order valence-electron chi connectivity index (χ2n) is 4.89. The first-order chi connectivity index (χ1) is 10.9. The number of nitrogens with one attached hydrogen (secondary N) is 1. The molecule has 0 bridgehead atoms. The van der Waals surface area contributed by atoms with E-state index in [1.54, 1.807) is 18.2 Å². The molecule has 0 atom stereocenters. The molecule has 0 saturated carbocycles. The second-order valence-corrected chi connectivity index (χ2v) is 4.89. The third kappa shape index (κ3) is 3.39. The van der Waals surface area contributed by atoms with Crippen LogP contribution in [0.1, 0.15) is 15.9 Å². The van der Waals surface area contributed by atoms with Gasteiger partial charge in [0.15, 0.2) is 11.5 Å². The van der Waals surface area contributed by atoms with Crippen LogP contribution in [0.2, 0.25) is 0 Å². The van der Waals surface area contributed by atoms with Crippen LogP contribution in [0, 0.1) is 0 Å². The van der Waals surface area contributed by atoms with Gasteiger partial charge in [0.2, 0.25) is 0 Å². The molecule has 0 fully saturated rings. The van der Waals surface area contributed by atoms with Gasteiger partial charge in [-0.2, -0.15) is 13.2 Å². The number of fused-ring (bicyclic) bond motifs is 1. The van der Waals surface area contributed by atoms with Crippen LogP contribution in [0.5, 0.6) is 11.5 Å². The lowest BCUT2D eigenvalue weighted by Crippen LogP contribution is -2.16. The largest absolute Gasteiger partial charge is 0.486 e. The lowest BCUT2D eigenvalue weighted by molar-refractivity contribution is -0.137. The van der Waals surface area contributed by atoms with Gasteiger partial charge in [-0.3, -0.25) is 4.79 Å². The molecule has 1 amide bonds. The first-order valence-electron chi connectivity index (χ1n) is 6.82. The molecule has 0 radical (unpaired) electrons. The molecule has 0 aromatic heterocycles. The quantitative estimate of drug-likeness (QED) is 0.916. The van der Waals surface area contributed by atoms with Crippen molar-refractivity contribution in [2.75, 3.05) is 18.5 Å². The molecule has 4 nitrogen and oxygen atoms in total. The Labute approximate surface area is 129 Å². The van der Waals surface area contributed by atoms with Gasteiger partial charge in [0, 0.05) is 17.3 Å². The summed E-state index contributed by atoms with van der Waals surface area (Å²) in [6.45, 7) is 0.883. The molecule has 0 unspecified atom stereocenters. The monoisotopic (exact) mass is 323 g/mol. The highest BCUT2D eigenvalue weighted by molar-refractivity contribution is 6.04. The Hall–Kier alpha value is -2.70. The van der Waals surface area contributed by atoms with Gasteiger partial charge in [0.05, 0.1) is 5.56 Å². The molecular weight excluding hydrogens is 311 g/mol. The Morgan fingerprint density at radius 3 is 2.26 bits per heavy atom. The fraction of sp³-hybridized carbons (Fsp3) is 0.188. The van der Waals surface area contributed by atoms with Crippen LogP contribution in [0.25, 0.3) is 0 Å². The highest BCUT2D eigenvalue weighted by Gasteiger charge is 2.30. The van der Waals surface area contributed by atoms with Crippen LogP contribution in [-0.2, 0) is 6.18 Å². The summed E-state index contributed by atoms with van der Waals surface area (Å²) in [6, 6.07) is 8.92. The lowest BCUT2D eigenvalue weighted by atomic mass is 10.1. The van der Waals surface area contributed by atoms with E-state index in [0.717, 1.165) is 24.3 Å². The minimum absolute atomic E-state index is 0.132. The molecule has 2 aromatic carbocycles. The number of carbonyl (C=O) groups is 1. The van der Waals surface area contributed by atoms with Gasteiger partial charge in [0.1, 0.15) is 13.2 Å². The Kier molecular flexibility index (Phi) is 3.85. The number of rotatable bonds is 2. The van der Waals surface area contributed by atoms with Crippen molar-refractivity contribution in [3.05, 3.63) is 53.6 Å². The number of anilines is 1.